The number of cyclic esters (lactones) is 1. The minimum absolute atomic E-state index is 0.129. The SMILES string of the molecule is CC(C)C1=C[C@H](O)OC1=O. The molecule has 1 atom stereocenters. The second-order valence-corrected chi connectivity index (χ2v) is 2.57. The van der Waals surface area contributed by atoms with Crippen molar-refractivity contribution >= 4 is 5.97 Å². The van der Waals surface area contributed by atoms with Crippen LogP contribution in [0.1, 0.15) is 13.8 Å². The van der Waals surface area contributed by atoms with Crippen molar-refractivity contribution in [2.24, 2.45) is 5.92 Å². The molecule has 3 heteroatoms. The van der Waals surface area contributed by atoms with Gasteiger partial charge in [0.2, 0.25) is 6.29 Å². The van der Waals surface area contributed by atoms with E-state index < -0.39 is 12.3 Å². The van der Waals surface area contributed by atoms with E-state index in [1.54, 1.807) is 0 Å². The number of ether oxygens (including phenoxy) is 1. The van der Waals surface area contributed by atoms with Crippen LogP contribution in [0.2, 0.25) is 0 Å². The van der Waals surface area contributed by atoms with Crippen LogP contribution in [-0.2, 0) is 9.53 Å². The molecule has 0 radical (unpaired) electrons. The first-order valence-corrected chi connectivity index (χ1v) is 3.22. The van der Waals surface area contributed by atoms with Gasteiger partial charge in [-0.05, 0) is 12.0 Å². The van der Waals surface area contributed by atoms with Gasteiger partial charge in [-0.3, -0.25) is 0 Å². The molecule has 0 fully saturated rings. The Morgan fingerprint density at radius 2 is 2.30 bits per heavy atom. The van der Waals surface area contributed by atoms with Crippen LogP contribution in [0.25, 0.3) is 0 Å². The van der Waals surface area contributed by atoms with Gasteiger partial charge in [0.05, 0.1) is 0 Å². The van der Waals surface area contributed by atoms with Crippen LogP contribution in [0, 0.1) is 5.92 Å². The Balaban J connectivity index is 2.75. The maximum Gasteiger partial charge on any atom is 0.336 e. The molecule has 0 unspecified atom stereocenters. The lowest BCUT2D eigenvalue weighted by atomic mass is 10.0. The molecule has 0 saturated heterocycles. The molecule has 0 saturated carbocycles. The number of hydrogen-bond acceptors (Lipinski definition) is 3. The summed E-state index contributed by atoms with van der Waals surface area (Å²) in [6.07, 6.45) is 0.414. The highest BCUT2D eigenvalue weighted by atomic mass is 16.6. The number of rotatable bonds is 1. The quantitative estimate of drug-likeness (QED) is 0.540. The highest BCUT2D eigenvalue weighted by Gasteiger charge is 2.25. The summed E-state index contributed by atoms with van der Waals surface area (Å²) >= 11 is 0. The van der Waals surface area contributed by atoms with E-state index in [0.29, 0.717) is 5.57 Å². The average molecular weight is 142 g/mol. The Morgan fingerprint density at radius 1 is 1.70 bits per heavy atom. The molecule has 1 aliphatic rings. The molecule has 0 aromatic rings. The third-order valence-electron chi connectivity index (χ3n) is 1.41. The largest absolute Gasteiger partial charge is 0.429 e. The van der Waals surface area contributed by atoms with Crippen LogP contribution in [0.5, 0.6) is 0 Å². The molecule has 0 aromatic heterocycles. The number of esters is 1. The summed E-state index contributed by atoms with van der Waals surface area (Å²) in [5.41, 5.74) is 0.563. The number of hydrogen-bond donors (Lipinski definition) is 1. The number of aliphatic hydroxyl groups is 1. The molecule has 10 heavy (non-hydrogen) atoms. The fraction of sp³-hybridized carbons (Fsp3) is 0.571. The lowest BCUT2D eigenvalue weighted by Gasteiger charge is -2.00. The van der Waals surface area contributed by atoms with Crippen LogP contribution < -0.4 is 0 Å². The van der Waals surface area contributed by atoms with Gasteiger partial charge < -0.3 is 9.84 Å². The van der Waals surface area contributed by atoms with Gasteiger partial charge >= 0.3 is 5.97 Å². The summed E-state index contributed by atoms with van der Waals surface area (Å²) < 4.78 is 4.46. The molecule has 1 N–H and O–H groups in total. The third kappa shape index (κ3) is 1.19. The molecule has 0 spiro atoms. The van der Waals surface area contributed by atoms with Crippen molar-refractivity contribution in [2.75, 3.05) is 0 Å². The molecule has 0 aromatic carbocycles. The lowest BCUT2D eigenvalue weighted by molar-refractivity contribution is -0.151. The Kier molecular flexibility index (Phi) is 1.76. The average Bonchev–Trinajstić information content (AvgIpc) is 2.10. The number of carbonyl (C=O) groups excluding carboxylic acids is 1. The van der Waals surface area contributed by atoms with Crippen molar-refractivity contribution in [1.82, 2.24) is 0 Å². The van der Waals surface area contributed by atoms with Crippen molar-refractivity contribution in [3.8, 4) is 0 Å². The molecule has 1 aliphatic heterocycles. The van der Waals surface area contributed by atoms with Gasteiger partial charge in [-0.25, -0.2) is 4.79 Å². The van der Waals surface area contributed by atoms with Gasteiger partial charge in [0.1, 0.15) is 0 Å². The highest BCUT2D eigenvalue weighted by molar-refractivity contribution is 5.91. The van der Waals surface area contributed by atoms with Crippen LogP contribution >= 0.6 is 0 Å². The van der Waals surface area contributed by atoms with E-state index in [2.05, 4.69) is 4.74 Å². The molecule has 56 valence electrons. The molecular weight excluding hydrogens is 132 g/mol. The Hall–Kier alpha value is -0.830. The predicted molar refractivity (Wildman–Crippen MR) is 35.0 cm³/mol. The van der Waals surface area contributed by atoms with E-state index in [-0.39, 0.29) is 5.92 Å². The van der Waals surface area contributed by atoms with Crippen molar-refractivity contribution in [3.05, 3.63) is 11.6 Å². The van der Waals surface area contributed by atoms with E-state index in [9.17, 15) is 4.79 Å². The van der Waals surface area contributed by atoms with E-state index in [1.807, 2.05) is 13.8 Å². The molecular formula is C7H10O3. The van der Waals surface area contributed by atoms with Crippen LogP contribution in [-0.4, -0.2) is 17.4 Å². The van der Waals surface area contributed by atoms with E-state index in [0.717, 1.165) is 0 Å². The lowest BCUT2D eigenvalue weighted by Crippen LogP contribution is -2.08. The first-order chi connectivity index (χ1) is 4.61. The van der Waals surface area contributed by atoms with Crippen molar-refractivity contribution in [3.63, 3.8) is 0 Å². The Labute approximate surface area is 59.3 Å². The number of aliphatic hydroxyl groups excluding tert-OH is 1. The zero-order valence-electron chi connectivity index (χ0n) is 6.00. The summed E-state index contributed by atoms with van der Waals surface area (Å²) in [6, 6.07) is 0. The normalized spacial score (nSPS) is 25.0. The van der Waals surface area contributed by atoms with E-state index >= 15 is 0 Å². The third-order valence-corrected chi connectivity index (χ3v) is 1.41. The summed E-state index contributed by atoms with van der Waals surface area (Å²) in [5.74, 6) is -0.271. The van der Waals surface area contributed by atoms with Gasteiger partial charge in [0, 0.05) is 5.57 Å². The standard InChI is InChI=1S/C7H10O3/c1-4(2)5-3-6(8)10-7(5)9/h3-4,6,8H,1-2H3/t6-/m1/s1. The first-order valence-electron chi connectivity index (χ1n) is 3.22. The Morgan fingerprint density at radius 3 is 2.50 bits per heavy atom. The summed E-state index contributed by atoms with van der Waals surface area (Å²) in [6.45, 7) is 3.76. The van der Waals surface area contributed by atoms with Crippen LogP contribution in [0.15, 0.2) is 11.6 Å². The summed E-state index contributed by atoms with van der Waals surface area (Å²) in [4.78, 5) is 10.8. The van der Waals surface area contributed by atoms with Gasteiger partial charge in [0.15, 0.2) is 0 Å². The minimum atomic E-state index is -1.02. The van der Waals surface area contributed by atoms with Crippen LogP contribution in [0.3, 0.4) is 0 Å². The van der Waals surface area contributed by atoms with Gasteiger partial charge in [-0.15, -0.1) is 0 Å². The minimum Gasteiger partial charge on any atom is -0.429 e. The van der Waals surface area contributed by atoms with Crippen molar-refractivity contribution in [2.45, 2.75) is 20.1 Å². The maximum absolute atomic E-state index is 10.8. The molecule has 1 rings (SSSR count). The fourth-order valence-corrected chi connectivity index (χ4v) is 0.862. The van der Waals surface area contributed by atoms with Crippen molar-refractivity contribution < 1.29 is 14.6 Å². The first kappa shape index (κ1) is 7.28. The van der Waals surface area contributed by atoms with Gasteiger partial charge in [0.25, 0.3) is 0 Å². The second kappa shape index (κ2) is 2.42. The number of carbonyl (C=O) groups is 1. The summed E-state index contributed by atoms with van der Waals surface area (Å²) in [7, 11) is 0. The zero-order valence-corrected chi connectivity index (χ0v) is 6.00. The predicted octanol–water partition coefficient (Wildman–Crippen LogP) is 0.444. The molecule has 1 heterocycles. The topological polar surface area (TPSA) is 46.5 Å². The summed E-state index contributed by atoms with van der Waals surface area (Å²) in [5, 5.41) is 8.80. The molecule has 0 amide bonds. The molecule has 0 aliphatic carbocycles. The zero-order chi connectivity index (χ0) is 7.72. The smallest absolute Gasteiger partial charge is 0.336 e. The molecule has 3 nitrogen and oxygen atoms in total. The van der Waals surface area contributed by atoms with Crippen LogP contribution in [0.4, 0.5) is 0 Å². The second-order valence-electron chi connectivity index (χ2n) is 2.57. The Bertz CT molecular complexity index is 181. The monoisotopic (exact) mass is 142 g/mol. The molecule has 0 bridgehead atoms. The van der Waals surface area contributed by atoms with Gasteiger partial charge in [-0.2, -0.15) is 0 Å². The maximum atomic E-state index is 10.8. The van der Waals surface area contributed by atoms with E-state index in [1.165, 1.54) is 6.08 Å². The fourth-order valence-electron chi connectivity index (χ4n) is 0.862. The highest BCUT2D eigenvalue weighted by Crippen LogP contribution is 2.18. The van der Waals surface area contributed by atoms with E-state index in [4.69, 9.17) is 5.11 Å². The van der Waals surface area contributed by atoms with Gasteiger partial charge in [-0.1, -0.05) is 13.8 Å². The van der Waals surface area contributed by atoms with Crippen molar-refractivity contribution in [1.29, 1.82) is 0 Å².